The molecule has 0 aliphatic carbocycles. The molecule has 0 N–H and O–H groups in total. The Morgan fingerprint density at radius 2 is 1.29 bits per heavy atom. The Kier molecular flexibility index (Phi) is 25.2. The summed E-state index contributed by atoms with van der Waals surface area (Å²) in [5, 5.41) is 0. The molecule has 0 rings (SSSR count). The number of halogens is 2. The molecule has 0 atom stereocenters. The quantitative estimate of drug-likeness (QED) is 0.636. The van der Waals surface area contributed by atoms with Crippen molar-refractivity contribution >= 4 is 17.0 Å². The van der Waals surface area contributed by atoms with Gasteiger partial charge >= 0.3 is 37.9 Å². The fourth-order valence-corrected chi connectivity index (χ4v) is 0. The SMILES string of the molecule is CCCC.[Cl][Zr][Cl]. The molecule has 0 fully saturated rings. The summed E-state index contributed by atoms with van der Waals surface area (Å²) in [4.78, 5) is 0. The van der Waals surface area contributed by atoms with E-state index in [9.17, 15) is 0 Å². The molecule has 44 valence electrons. The molecule has 0 nitrogen and oxygen atoms in total. The van der Waals surface area contributed by atoms with Crippen LogP contribution in [0.15, 0.2) is 0 Å². The first kappa shape index (κ1) is 11.3. The molecule has 0 bridgehead atoms. The third-order valence-electron chi connectivity index (χ3n) is 0.500. The number of rotatable bonds is 1. The summed E-state index contributed by atoms with van der Waals surface area (Å²) < 4.78 is 0. The van der Waals surface area contributed by atoms with Crippen LogP contribution in [0.5, 0.6) is 0 Å². The fourth-order valence-electron chi connectivity index (χ4n) is 0. The van der Waals surface area contributed by atoms with E-state index < -0.39 is 20.8 Å². The van der Waals surface area contributed by atoms with Crippen LogP contribution < -0.4 is 0 Å². The Morgan fingerprint density at radius 3 is 1.29 bits per heavy atom. The molecule has 0 aromatic heterocycles. The van der Waals surface area contributed by atoms with Crippen molar-refractivity contribution in [2.45, 2.75) is 26.7 Å². The summed E-state index contributed by atoms with van der Waals surface area (Å²) in [5.41, 5.74) is 0. The summed E-state index contributed by atoms with van der Waals surface area (Å²) in [7, 11) is 9.87. The van der Waals surface area contributed by atoms with E-state index in [-0.39, 0.29) is 0 Å². The normalized spacial score (nSPS) is 6.29. The van der Waals surface area contributed by atoms with Crippen molar-refractivity contribution in [1.82, 2.24) is 0 Å². The van der Waals surface area contributed by atoms with Crippen molar-refractivity contribution in [2.24, 2.45) is 0 Å². The molecule has 0 heterocycles. The first-order chi connectivity index (χ1) is 3.33. The van der Waals surface area contributed by atoms with E-state index in [1.807, 2.05) is 0 Å². The van der Waals surface area contributed by atoms with E-state index in [2.05, 4.69) is 13.8 Å². The molecular formula is C4H10Cl2Zr. The van der Waals surface area contributed by atoms with Gasteiger partial charge in [0.05, 0.1) is 0 Å². The zero-order valence-electron chi connectivity index (χ0n) is 4.67. The third-order valence-corrected chi connectivity index (χ3v) is 0.500. The molecule has 7 heavy (non-hydrogen) atoms. The van der Waals surface area contributed by atoms with E-state index in [0.717, 1.165) is 0 Å². The van der Waals surface area contributed by atoms with Gasteiger partial charge in [-0.25, -0.2) is 0 Å². The van der Waals surface area contributed by atoms with Crippen LogP contribution in [0.3, 0.4) is 0 Å². The van der Waals surface area contributed by atoms with Gasteiger partial charge in [-0.2, -0.15) is 0 Å². The van der Waals surface area contributed by atoms with Crippen LogP contribution >= 0.6 is 17.0 Å². The Morgan fingerprint density at radius 1 is 1.14 bits per heavy atom. The average molecular weight is 220 g/mol. The molecule has 0 aliphatic heterocycles. The monoisotopic (exact) mass is 218 g/mol. The number of hydrogen-bond acceptors (Lipinski definition) is 0. The summed E-state index contributed by atoms with van der Waals surface area (Å²) in [5.74, 6) is 0. The molecule has 0 saturated heterocycles. The van der Waals surface area contributed by atoms with Gasteiger partial charge in [0.1, 0.15) is 0 Å². The molecule has 3 heteroatoms. The minimum absolute atomic E-state index is 0.826. The predicted molar refractivity (Wildman–Crippen MR) is 32.3 cm³/mol. The van der Waals surface area contributed by atoms with Gasteiger partial charge in [0.2, 0.25) is 0 Å². The summed E-state index contributed by atoms with van der Waals surface area (Å²) >= 11 is -0.826. The van der Waals surface area contributed by atoms with Gasteiger partial charge < -0.3 is 0 Å². The Bertz CT molecular complexity index is 17.2. The van der Waals surface area contributed by atoms with Gasteiger partial charge in [0.25, 0.3) is 0 Å². The van der Waals surface area contributed by atoms with Gasteiger partial charge in [0, 0.05) is 0 Å². The predicted octanol–water partition coefficient (Wildman–Crippen LogP) is 3.18. The third kappa shape index (κ3) is 36.7. The van der Waals surface area contributed by atoms with Crippen LogP contribution in [-0.2, 0) is 20.8 Å². The van der Waals surface area contributed by atoms with Crippen molar-refractivity contribution in [2.75, 3.05) is 0 Å². The topological polar surface area (TPSA) is 0 Å². The van der Waals surface area contributed by atoms with Gasteiger partial charge in [-0.05, 0) is 0 Å². The van der Waals surface area contributed by atoms with Gasteiger partial charge in [-0.1, -0.05) is 26.7 Å². The summed E-state index contributed by atoms with van der Waals surface area (Å²) in [6.45, 7) is 4.36. The second kappa shape index (κ2) is 15.7. The molecule has 0 spiro atoms. The zero-order valence-corrected chi connectivity index (χ0v) is 8.64. The Labute approximate surface area is 64.2 Å². The van der Waals surface area contributed by atoms with Crippen molar-refractivity contribution in [3.05, 3.63) is 0 Å². The van der Waals surface area contributed by atoms with Crippen LogP contribution in [0.2, 0.25) is 0 Å². The van der Waals surface area contributed by atoms with E-state index in [0.29, 0.717) is 0 Å². The zero-order chi connectivity index (χ0) is 6.12. The average Bonchev–Trinajstić information content (AvgIpc) is 1.69. The van der Waals surface area contributed by atoms with E-state index >= 15 is 0 Å². The first-order valence-corrected chi connectivity index (χ1v) is 8.62. The molecule has 0 saturated carbocycles. The second-order valence-electron chi connectivity index (χ2n) is 1.07. The minimum atomic E-state index is -0.826. The van der Waals surface area contributed by atoms with E-state index in [1.54, 1.807) is 0 Å². The molecular weight excluding hydrogens is 210 g/mol. The Hall–Kier alpha value is 1.46. The van der Waals surface area contributed by atoms with Crippen LogP contribution in [0, 0.1) is 0 Å². The maximum atomic E-state index is 4.93. The van der Waals surface area contributed by atoms with Crippen LogP contribution in [0.25, 0.3) is 0 Å². The van der Waals surface area contributed by atoms with Crippen LogP contribution in [-0.4, -0.2) is 0 Å². The van der Waals surface area contributed by atoms with Crippen molar-refractivity contribution < 1.29 is 20.8 Å². The van der Waals surface area contributed by atoms with Gasteiger partial charge in [0.15, 0.2) is 0 Å². The summed E-state index contributed by atoms with van der Waals surface area (Å²) in [6.07, 6.45) is 2.64. The molecule has 0 radical (unpaired) electrons. The standard InChI is InChI=1S/C4H10.2ClH.Zr/c1-3-4-2;;;/h3-4H2,1-2H3;2*1H;/q;;;+2/p-2. The summed E-state index contributed by atoms with van der Waals surface area (Å²) in [6, 6.07) is 0. The molecule has 0 amide bonds. The van der Waals surface area contributed by atoms with E-state index in [4.69, 9.17) is 17.0 Å². The van der Waals surface area contributed by atoms with Crippen LogP contribution in [0.1, 0.15) is 26.7 Å². The molecule has 0 aliphatic rings. The maximum absolute atomic E-state index is 4.93. The molecule has 0 aromatic carbocycles. The van der Waals surface area contributed by atoms with Crippen LogP contribution in [0.4, 0.5) is 0 Å². The molecule has 0 unspecified atom stereocenters. The van der Waals surface area contributed by atoms with Gasteiger partial charge in [-0.3, -0.25) is 0 Å². The van der Waals surface area contributed by atoms with E-state index in [1.165, 1.54) is 12.8 Å². The fraction of sp³-hybridized carbons (Fsp3) is 1.00. The first-order valence-electron chi connectivity index (χ1n) is 2.29. The number of unbranched alkanes of at least 4 members (excludes halogenated alkanes) is 1. The second-order valence-corrected chi connectivity index (χ2v) is 4.80. The molecule has 0 aromatic rings. The van der Waals surface area contributed by atoms with Crippen molar-refractivity contribution in [3.8, 4) is 0 Å². The van der Waals surface area contributed by atoms with Crippen molar-refractivity contribution in [1.29, 1.82) is 0 Å². The number of hydrogen-bond donors (Lipinski definition) is 0. The van der Waals surface area contributed by atoms with Crippen molar-refractivity contribution in [3.63, 3.8) is 0 Å². The van der Waals surface area contributed by atoms with Gasteiger partial charge in [-0.15, -0.1) is 0 Å². The Balaban J connectivity index is 0.